The van der Waals surface area contributed by atoms with E-state index in [0.717, 1.165) is 23.9 Å². The molecule has 0 radical (unpaired) electrons. The molecule has 0 aliphatic carbocycles. The second-order valence-electron chi connectivity index (χ2n) is 3.95. The van der Waals surface area contributed by atoms with E-state index in [0.29, 0.717) is 5.16 Å². The van der Waals surface area contributed by atoms with Crippen molar-refractivity contribution in [3.63, 3.8) is 0 Å². The Kier molecular flexibility index (Phi) is 4.07. The Morgan fingerprint density at radius 2 is 2.14 bits per heavy atom. The Hall–Kier alpha value is -2.23. The van der Waals surface area contributed by atoms with Gasteiger partial charge >= 0.3 is 6.18 Å². The highest BCUT2D eigenvalue weighted by atomic mass is 32.2. The van der Waals surface area contributed by atoms with Crippen LogP contribution in [0, 0.1) is 0 Å². The van der Waals surface area contributed by atoms with Crippen molar-refractivity contribution in [2.75, 3.05) is 0 Å². The van der Waals surface area contributed by atoms with Crippen molar-refractivity contribution in [2.24, 2.45) is 17.9 Å². The average molecular weight is 317 g/mol. The lowest BCUT2D eigenvalue weighted by atomic mass is 10.2. The Morgan fingerprint density at radius 1 is 1.43 bits per heavy atom. The van der Waals surface area contributed by atoms with Gasteiger partial charge in [0.1, 0.15) is 10.7 Å². The Labute approximate surface area is 121 Å². The van der Waals surface area contributed by atoms with Gasteiger partial charge in [0, 0.05) is 19.4 Å². The Bertz CT molecular complexity index is 683. The average Bonchev–Trinajstić information content (AvgIpc) is 2.82. The van der Waals surface area contributed by atoms with Gasteiger partial charge in [0.25, 0.3) is 0 Å². The highest BCUT2D eigenvalue weighted by Crippen LogP contribution is 2.33. The maximum atomic E-state index is 12.7. The Morgan fingerprint density at radius 3 is 2.67 bits per heavy atom. The van der Waals surface area contributed by atoms with Gasteiger partial charge in [-0.1, -0.05) is 5.16 Å². The number of hydrogen-bond donors (Lipinski definition) is 2. The number of imidazole rings is 1. The largest absolute Gasteiger partial charge is 0.433 e. The van der Waals surface area contributed by atoms with Gasteiger partial charge in [-0.2, -0.15) is 13.2 Å². The van der Waals surface area contributed by atoms with Gasteiger partial charge < -0.3 is 15.5 Å². The van der Waals surface area contributed by atoms with Crippen molar-refractivity contribution in [1.82, 2.24) is 14.5 Å². The molecule has 10 heteroatoms. The van der Waals surface area contributed by atoms with E-state index in [1.807, 2.05) is 0 Å². The van der Waals surface area contributed by atoms with E-state index in [4.69, 9.17) is 10.9 Å². The van der Waals surface area contributed by atoms with Crippen molar-refractivity contribution in [3.8, 4) is 0 Å². The number of nitrogens with zero attached hydrogens (tertiary/aromatic N) is 4. The minimum atomic E-state index is -4.58. The van der Waals surface area contributed by atoms with E-state index in [-0.39, 0.29) is 16.4 Å². The zero-order chi connectivity index (χ0) is 15.6. The van der Waals surface area contributed by atoms with Crippen LogP contribution in [0.1, 0.15) is 11.3 Å². The number of aryl methyl sites for hydroxylation is 1. The lowest BCUT2D eigenvalue weighted by molar-refractivity contribution is -0.141. The lowest BCUT2D eigenvalue weighted by Gasteiger charge is -2.11. The molecular weight excluding hydrogens is 307 g/mol. The maximum absolute atomic E-state index is 12.7. The molecule has 2 aromatic heterocycles. The first-order chi connectivity index (χ1) is 9.82. The molecule has 2 heterocycles. The van der Waals surface area contributed by atoms with Gasteiger partial charge in [0.05, 0.1) is 5.56 Å². The summed E-state index contributed by atoms with van der Waals surface area (Å²) in [6, 6.07) is 1.88. The first kappa shape index (κ1) is 15.2. The molecule has 0 aliphatic rings. The molecule has 0 spiro atoms. The molecule has 0 amide bonds. The van der Waals surface area contributed by atoms with E-state index >= 15 is 0 Å². The van der Waals surface area contributed by atoms with E-state index in [1.54, 1.807) is 17.8 Å². The molecule has 6 nitrogen and oxygen atoms in total. The summed E-state index contributed by atoms with van der Waals surface area (Å²) in [6.45, 7) is 0. The molecule has 112 valence electrons. The number of rotatable bonds is 3. The van der Waals surface area contributed by atoms with E-state index < -0.39 is 11.9 Å². The molecular formula is C11H10F3N5OS. The normalized spacial score (nSPS) is 12.7. The molecule has 0 saturated heterocycles. The molecule has 2 rings (SSSR count). The van der Waals surface area contributed by atoms with Crippen LogP contribution >= 0.6 is 11.8 Å². The van der Waals surface area contributed by atoms with Crippen molar-refractivity contribution < 1.29 is 18.4 Å². The van der Waals surface area contributed by atoms with Gasteiger partial charge in [0.15, 0.2) is 11.0 Å². The molecule has 0 aromatic carbocycles. The predicted molar refractivity (Wildman–Crippen MR) is 69.1 cm³/mol. The molecule has 21 heavy (non-hydrogen) atoms. The minimum absolute atomic E-state index is 0.0468. The second kappa shape index (κ2) is 5.64. The smallest absolute Gasteiger partial charge is 0.409 e. The standard InChI is InChI=1S/C11H10F3N5OS/c1-19-5-4-16-10(19)21-9-6(8(15)18-20)2-3-7(17-9)11(12,13)14/h2-5,20H,1H3,(H2,15,18). The van der Waals surface area contributed by atoms with Crippen LogP contribution in [0.3, 0.4) is 0 Å². The van der Waals surface area contributed by atoms with E-state index in [1.165, 1.54) is 6.20 Å². The van der Waals surface area contributed by atoms with Crippen LogP contribution in [-0.4, -0.2) is 25.6 Å². The van der Waals surface area contributed by atoms with Crippen molar-refractivity contribution in [3.05, 3.63) is 35.8 Å². The van der Waals surface area contributed by atoms with Crippen molar-refractivity contribution >= 4 is 17.6 Å². The van der Waals surface area contributed by atoms with Gasteiger partial charge in [-0.25, -0.2) is 9.97 Å². The zero-order valence-corrected chi connectivity index (χ0v) is 11.5. The third kappa shape index (κ3) is 3.27. The van der Waals surface area contributed by atoms with Crippen LogP contribution in [-0.2, 0) is 13.2 Å². The minimum Gasteiger partial charge on any atom is -0.409 e. The quantitative estimate of drug-likeness (QED) is 0.391. The number of aromatic nitrogens is 3. The summed E-state index contributed by atoms with van der Waals surface area (Å²) >= 11 is 0.890. The van der Waals surface area contributed by atoms with E-state index in [9.17, 15) is 13.2 Å². The van der Waals surface area contributed by atoms with Gasteiger partial charge in [-0.3, -0.25) is 0 Å². The molecule has 0 aliphatic heterocycles. The van der Waals surface area contributed by atoms with Crippen LogP contribution in [0.2, 0.25) is 0 Å². The highest BCUT2D eigenvalue weighted by molar-refractivity contribution is 7.99. The topological polar surface area (TPSA) is 89.3 Å². The van der Waals surface area contributed by atoms with Gasteiger partial charge in [0.2, 0.25) is 0 Å². The lowest BCUT2D eigenvalue weighted by Crippen LogP contribution is -2.17. The Balaban J connectivity index is 2.51. The summed E-state index contributed by atoms with van der Waals surface area (Å²) in [7, 11) is 1.69. The molecule has 3 N–H and O–H groups in total. The second-order valence-corrected chi connectivity index (χ2v) is 4.91. The fourth-order valence-corrected chi connectivity index (χ4v) is 2.38. The number of oxime groups is 1. The summed E-state index contributed by atoms with van der Waals surface area (Å²) in [5.74, 6) is -0.326. The van der Waals surface area contributed by atoms with Gasteiger partial charge in [-0.05, 0) is 23.9 Å². The van der Waals surface area contributed by atoms with Crippen LogP contribution < -0.4 is 5.73 Å². The fourth-order valence-electron chi connectivity index (χ4n) is 1.46. The summed E-state index contributed by atoms with van der Waals surface area (Å²) < 4.78 is 39.8. The number of amidine groups is 1. The van der Waals surface area contributed by atoms with Crippen molar-refractivity contribution in [1.29, 1.82) is 0 Å². The zero-order valence-electron chi connectivity index (χ0n) is 10.7. The SMILES string of the molecule is Cn1ccnc1Sc1nc(C(F)(F)F)ccc1C(N)=NO. The molecule has 0 atom stereocenters. The van der Waals surface area contributed by atoms with Crippen LogP contribution in [0.25, 0.3) is 0 Å². The van der Waals surface area contributed by atoms with Crippen LogP contribution in [0.5, 0.6) is 0 Å². The number of hydrogen-bond acceptors (Lipinski definition) is 5. The molecule has 0 fully saturated rings. The predicted octanol–water partition coefficient (Wildman–Crippen LogP) is 2.08. The first-order valence-corrected chi connectivity index (χ1v) is 6.36. The first-order valence-electron chi connectivity index (χ1n) is 5.54. The number of alkyl halides is 3. The third-order valence-electron chi connectivity index (χ3n) is 2.50. The number of pyridine rings is 1. The molecule has 0 saturated carbocycles. The summed E-state index contributed by atoms with van der Waals surface area (Å²) in [5.41, 5.74) is 4.49. The molecule has 0 unspecified atom stereocenters. The number of nitrogens with two attached hydrogens (primary N) is 1. The third-order valence-corrected chi connectivity index (χ3v) is 3.58. The molecule has 2 aromatic rings. The monoisotopic (exact) mass is 317 g/mol. The highest BCUT2D eigenvalue weighted by Gasteiger charge is 2.33. The summed E-state index contributed by atoms with van der Waals surface area (Å²) in [6.07, 6.45) is -1.45. The van der Waals surface area contributed by atoms with E-state index in [2.05, 4.69) is 15.1 Å². The molecule has 0 bridgehead atoms. The number of halogens is 3. The fraction of sp³-hybridized carbons (Fsp3) is 0.182. The van der Waals surface area contributed by atoms with Crippen LogP contribution in [0.4, 0.5) is 13.2 Å². The van der Waals surface area contributed by atoms with Crippen molar-refractivity contribution in [2.45, 2.75) is 16.4 Å². The summed E-state index contributed by atoms with van der Waals surface area (Å²) in [4.78, 5) is 7.53. The maximum Gasteiger partial charge on any atom is 0.433 e. The summed E-state index contributed by atoms with van der Waals surface area (Å²) in [5, 5.41) is 11.9. The van der Waals surface area contributed by atoms with Gasteiger partial charge in [-0.15, -0.1) is 0 Å². The van der Waals surface area contributed by atoms with Crippen LogP contribution in [0.15, 0.2) is 39.9 Å².